The van der Waals surface area contributed by atoms with Crippen LogP contribution in [-0.4, -0.2) is 32.8 Å². The highest BCUT2D eigenvalue weighted by Gasteiger charge is 2.31. The van der Waals surface area contributed by atoms with Gasteiger partial charge in [-0.1, -0.05) is 25.2 Å². The van der Waals surface area contributed by atoms with Crippen molar-refractivity contribution < 1.29 is 22.7 Å². The third-order valence-corrected chi connectivity index (χ3v) is 5.64. The minimum atomic E-state index is -4.48. The Labute approximate surface area is 184 Å². The molecule has 1 amide bonds. The lowest BCUT2D eigenvalue weighted by atomic mass is 10.1. The monoisotopic (exact) mass is 461 g/mol. The first-order valence-electron chi connectivity index (χ1n) is 9.55. The highest BCUT2D eigenvalue weighted by atomic mass is 32.1. The number of methoxy groups -OCH3 is 1. The maximum Gasteiger partial charge on any atom is 0.417 e. The molecule has 0 aliphatic rings. The Morgan fingerprint density at radius 2 is 1.97 bits per heavy atom. The van der Waals surface area contributed by atoms with Crippen molar-refractivity contribution in [2.45, 2.75) is 25.9 Å². The van der Waals surface area contributed by atoms with E-state index in [2.05, 4.69) is 20.4 Å². The number of hydrogen-bond donors (Lipinski definition) is 1. The topological polar surface area (TPSA) is 81.9 Å². The Morgan fingerprint density at radius 1 is 1.19 bits per heavy atom. The molecular weight excluding hydrogens is 443 g/mol. The van der Waals surface area contributed by atoms with Gasteiger partial charge in [-0.05, 0) is 36.2 Å². The van der Waals surface area contributed by atoms with Crippen LogP contribution in [0.1, 0.15) is 41.4 Å². The van der Waals surface area contributed by atoms with Crippen molar-refractivity contribution >= 4 is 32.6 Å². The van der Waals surface area contributed by atoms with Gasteiger partial charge in [0.05, 0.1) is 40.3 Å². The summed E-state index contributed by atoms with van der Waals surface area (Å²) < 4.78 is 46.0. The smallest absolute Gasteiger partial charge is 0.417 e. The van der Waals surface area contributed by atoms with Crippen LogP contribution in [0.3, 0.4) is 0 Å². The van der Waals surface area contributed by atoms with E-state index in [1.165, 1.54) is 28.3 Å². The first kappa shape index (κ1) is 21.8. The third kappa shape index (κ3) is 4.15. The van der Waals surface area contributed by atoms with E-state index in [1.807, 2.05) is 19.9 Å². The zero-order valence-corrected chi connectivity index (χ0v) is 18.1. The molecule has 0 spiro atoms. The molecule has 0 bridgehead atoms. The number of ether oxygens (including phenoxy) is 1. The molecular formula is C21H18F3N5O2S. The number of carbonyl (C=O) groups is 1. The fourth-order valence-electron chi connectivity index (χ4n) is 3.20. The fraction of sp³-hybridized carbons (Fsp3) is 0.238. The van der Waals surface area contributed by atoms with Crippen molar-refractivity contribution in [3.8, 4) is 11.6 Å². The van der Waals surface area contributed by atoms with Gasteiger partial charge in [-0.3, -0.25) is 10.1 Å². The molecule has 3 heterocycles. The molecule has 0 atom stereocenters. The summed E-state index contributed by atoms with van der Waals surface area (Å²) in [5, 5.41) is 7.40. The quantitative estimate of drug-likeness (QED) is 0.437. The van der Waals surface area contributed by atoms with Gasteiger partial charge in [-0.15, -0.1) is 0 Å². The molecule has 0 radical (unpaired) electrons. The molecule has 0 saturated carbocycles. The van der Waals surface area contributed by atoms with Gasteiger partial charge < -0.3 is 4.74 Å². The van der Waals surface area contributed by atoms with Crippen molar-refractivity contribution in [2.75, 3.05) is 12.4 Å². The average molecular weight is 461 g/mol. The number of halogens is 3. The van der Waals surface area contributed by atoms with Gasteiger partial charge in [0.2, 0.25) is 0 Å². The van der Waals surface area contributed by atoms with E-state index in [1.54, 1.807) is 19.2 Å². The Morgan fingerprint density at radius 3 is 2.59 bits per heavy atom. The molecule has 7 nitrogen and oxygen atoms in total. The van der Waals surface area contributed by atoms with E-state index in [0.717, 1.165) is 22.5 Å². The van der Waals surface area contributed by atoms with Gasteiger partial charge in [0.1, 0.15) is 5.75 Å². The zero-order valence-electron chi connectivity index (χ0n) is 17.3. The number of alkyl halides is 3. The van der Waals surface area contributed by atoms with Crippen LogP contribution in [0.15, 0.2) is 42.7 Å². The average Bonchev–Trinajstić information content (AvgIpc) is 3.36. The molecule has 0 fully saturated rings. The third-order valence-electron chi connectivity index (χ3n) is 4.71. The summed E-state index contributed by atoms with van der Waals surface area (Å²) in [4.78, 5) is 21.3. The second kappa shape index (κ2) is 8.23. The lowest BCUT2D eigenvalue weighted by Crippen LogP contribution is -2.16. The highest BCUT2D eigenvalue weighted by molar-refractivity contribution is 7.22. The normalized spacial score (nSPS) is 11.8. The number of anilines is 1. The van der Waals surface area contributed by atoms with E-state index in [-0.39, 0.29) is 11.7 Å². The van der Waals surface area contributed by atoms with Gasteiger partial charge in [0.15, 0.2) is 10.9 Å². The first-order chi connectivity index (χ1) is 15.2. The second-order valence-corrected chi connectivity index (χ2v) is 8.25. The molecule has 4 rings (SSSR count). The summed E-state index contributed by atoms with van der Waals surface area (Å²) in [6, 6.07) is 7.57. The number of hydrogen-bond acceptors (Lipinski definition) is 6. The van der Waals surface area contributed by atoms with Crippen molar-refractivity contribution in [1.82, 2.24) is 19.7 Å². The number of nitrogens with one attached hydrogen (secondary N) is 1. The standard InChI is InChI=1S/C21H18F3N5O2S/c1-11(2)18-14(10-26-29(18)17-7-4-12(9-25-17)21(22,23)24)19(30)28-20-27-15-6-5-13(31-3)8-16(15)32-20/h4-11H,1-3H3,(H,27,28,30). The van der Waals surface area contributed by atoms with Gasteiger partial charge in [0.25, 0.3) is 5.91 Å². The van der Waals surface area contributed by atoms with Crippen LogP contribution in [0.4, 0.5) is 18.3 Å². The SMILES string of the molecule is COc1ccc2nc(NC(=O)c3cnn(-c4ccc(C(F)(F)F)cn4)c3C(C)C)sc2c1. The molecule has 4 aromatic rings. The van der Waals surface area contributed by atoms with Crippen LogP contribution in [0, 0.1) is 0 Å². The van der Waals surface area contributed by atoms with Crippen molar-refractivity contribution in [3.05, 3.63) is 59.5 Å². The van der Waals surface area contributed by atoms with Crippen LogP contribution >= 0.6 is 11.3 Å². The summed E-state index contributed by atoms with van der Waals surface area (Å²) in [7, 11) is 1.57. The molecule has 0 unspecified atom stereocenters. The molecule has 0 aliphatic carbocycles. The summed E-state index contributed by atoms with van der Waals surface area (Å²) in [6.45, 7) is 3.72. The van der Waals surface area contributed by atoms with Gasteiger partial charge in [0, 0.05) is 6.20 Å². The largest absolute Gasteiger partial charge is 0.497 e. The van der Waals surface area contributed by atoms with Crippen molar-refractivity contribution in [2.24, 2.45) is 0 Å². The van der Waals surface area contributed by atoms with Crippen molar-refractivity contribution in [3.63, 3.8) is 0 Å². The summed E-state index contributed by atoms with van der Waals surface area (Å²) in [5.74, 6) is 0.305. The van der Waals surface area contributed by atoms with Gasteiger partial charge in [-0.25, -0.2) is 14.6 Å². The summed E-state index contributed by atoms with van der Waals surface area (Å²) in [5.41, 5.74) is 0.681. The number of benzene rings is 1. The number of rotatable bonds is 5. The molecule has 166 valence electrons. The van der Waals surface area contributed by atoms with Gasteiger partial charge >= 0.3 is 6.18 Å². The number of carbonyl (C=O) groups excluding carboxylic acids is 1. The Kier molecular flexibility index (Phi) is 5.59. The predicted molar refractivity (Wildman–Crippen MR) is 115 cm³/mol. The number of aromatic nitrogens is 4. The maximum absolute atomic E-state index is 13.0. The number of pyridine rings is 1. The van der Waals surface area contributed by atoms with E-state index in [9.17, 15) is 18.0 Å². The Balaban J connectivity index is 1.64. The maximum atomic E-state index is 13.0. The van der Waals surface area contributed by atoms with E-state index in [0.29, 0.717) is 22.1 Å². The molecule has 0 aliphatic heterocycles. The lowest BCUT2D eigenvalue weighted by Gasteiger charge is -2.13. The zero-order chi connectivity index (χ0) is 23.0. The summed E-state index contributed by atoms with van der Waals surface area (Å²) in [6.07, 6.45) is -2.36. The predicted octanol–water partition coefficient (Wildman–Crippen LogP) is 5.28. The van der Waals surface area contributed by atoms with Gasteiger partial charge in [-0.2, -0.15) is 18.3 Å². The van der Waals surface area contributed by atoms with Crippen LogP contribution < -0.4 is 10.1 Å². The minimum absolute atomic E-state index is 0.151. The Hall–Kier alpha value is -3.47. The fourth-order valence-corrected chi connectivity index (χ4v) is 4.09. The number of nitrogens with zero attached hydrogens (tertiary/aromatic N) is 4. The van der Waals surface area contributed by atoms with Crippen LogP contribution in [-0.2, 0) is 6.18 Å². The van der Waals surface area contributed by atoms with Crippen LogP contribution in [0.2, 0.25) is 0 Å². The van der Waals surface area contributed by atoms with E-state index >= 15 is 0 Å². The summed E-state index contributed by atoms with van der Waals surface area (Å²) >= 11 is 1.30. The number of thiazole rings is 1. The lowest BCUT2D eigenvalue weighted by molar-refractivity contribution is -0.137. The first-order valence-corrected chi connectivity index (χ1v) is 10.4. The highest BCUT2D eigenvalue weighted by Crippen LogP contribution is 2.31. The van der Waals surface area contributed by atoms with E-state index in [4.69, 9.17) is 4.74 Å². The van der Waals surface area contributed by atoms with Crippen molar-refractivity contribution in [1.29, 1.82) is 0 Å². The second-order valence-electron chi connectivity index (χ2n) is 7.22. The molecule has 11 heteroatoms. The number of fused-ring (bicyclic) bond motifs is 1. The van der Waals surface area contributed by atoms with Crippen LogP contribution in [0.25, 0.3) is 16.0 Å². The van der Waals surface area contributed by atoms with E-state index < -0.39 is 17.6 Å². The molecule has 0 saturated heterocycles. The Bertz CT molecular complexity index is 1280. The molecule has 32 heavy (non-hydrogen) atoms. The van der Waals surface area contributed by atoms with Crippen LogP contribution in [0.5, 0.6) is 5.75 Å². The molecule has 3 aromatic heterocycles. The molecule has 1 aromatic carbocycles. The number of amides is 1. The minimum Gasteiger partial charge on any atom is -0.497 e. The molecule has 1 N–H and O–H groups in total.